The molecule has 1 amide bonds. The predicted octanol–water partition coefficient (Wildman–Crippen LogP) is 2.89. The van der Waals surface area contributed by atoms with Crippen LogP contribution in [0, 0.1) is 0 Å². The highest BCUT2D eigenvalue weighted by atomic mass is 16.5. The minimum Gasteiger partial charge on any atom is -0.377 e. The average molecular weight is 337 g/mol. The van der Waals surface area contributed by atoms with Crippen molar-refractivity contribution in [2.45, 2.75) is 6.04 Å². The quantitative estimate of drug-likeness (QED) is 0.737. The number of nitrogens with zero attached hydrogens (tertiary/aromatic N) is 3. The second kappa shape index (κ2) is 6.57. The van der Waals surface area contributed by atoms with E-state index in [1.165, 1.54) is 0 Å². The number of ether oxygens (including phenoxy) is 1. The van der Waals surface area contributed by atoms with Gasteiger partial charge in [0.15, 0.2) is 0 Å². The van der Waals surface area contributed by atoms with Gasteiger partial charge in [-0.15, -0.1) is 0 Å². The van der Waals surface area contributed by atoms with E-state index in [-0.39, 0.29) is 17.7 Å². The van der Waals surface area contributed by atoms with Gasteiger partial charge in [0.1, 0.15) is 5.69 Å². The molecular formula is C19H19N3O3. The Hall–Kier alpha value is -2.86. The Bertz CT molecular complexity index is 869. The highest BCUT2D eigenvalue weighted by molar-refractivity contribution is 5.92. The Balaban J connectivity index is 1.61. The number of hydrogen-bond donors (Lipinski definition) is 0. The van der Waals surface area contributed by atoms with Crippen molar-refractivity contribution in [3.05, 3.63) is 66.2 Å². The van der Waals surface area contributed by atoms with Crippen molar-refractivity contribution in [1.29, 1.82) is 0 Å². The first-order valence-corrected chi connectivity index (χ1v) is 8.26. The summed E-state index contributed by atoms with van der Waals surface area (Å²) in [5.41, 5.74) is 2.62. The second-order valence-corrected chi connectivity index (χ2v) is 6.08. The zero-order valence-corrected chi connectivity index (χ0v) is 14.0. The lowest BCUT2D eigenvalue weighted by Crippen LogP contribution is -2.43. The maximum atomic E-state index is 13.0. The number of carbonyl (C=O) groups is 1. The molecule has 0 unspecified atom stereocenters. The molecule has 25 heavy (non-hydrogen) atoms. The fourth-order valence-electron chi connectivity index (χ4n) is 3.17. The highest BCUT2D eigenvalue weighted by Crippen LogP contribution is 2.27. The fraction of sp³-hybridized carbons (Fsp3) is 0.263. The first-order chi connectivity index (χ1) is 12.2. The first-order valence-electron chi connectivity index (χ1n) is 8.26. The van der Waals surface area contributed by atoms with Crippen LogP contribution in [-0.2, 0) is 11.8 Å². The second-order valence-electron chi connectivity index (χ2n) is 6.08. The zero-order chi connectivity index (χ0) is 17.2. The van der Waals surface area contributed by atoms with E-state index in [1.54, 1.807) is 11.0 Å². The van der Waals surface area contributed by atoms with Crippen LogP contribution in [0.15, 0.2) is 59.3 Å². The molecule has 0 aliphatic carbocycles. The lowest BCUT2D eigenvalue weighted by atomic mass is 10.1. The van der Waals surface area contributed by atoms with E-state index in [0.717, 1.165) is 11.3 Å². The van der Waals surface area contributed by atoms with Gasteiger partial charge in [-0.05, 0) is 12.1 Å². The van der Waals surface area contributed by atoms with Crippen LogP contribution in [0.3, 0.4) is 0 Å². The summed E-state index contributed by atoms with van der Waals surface area (Å²) in [7, 11) is 1.97. The summed E-state index contributed by atoms with van der Waals surface area (Å²) in [6, 6.07) is 15.2. The summed E-state index contributed by atoms with van der Waals surface area (Å²) >= 11 is 0. The highest BCUT2D eigenvalue weighted by Gasteiger charge is 2.32. The van der Waals surface area contributed by atoms with E-state index in [9.17, 15) is 4.79 Å². The van der Waals surface area contributed by atoms with Crippen molar-refractivity contribution in [3.63, 3.8) is 0 Å². The molecule has 1 aliphatic heterocycles. The molecule has 0 radical (unpaired) electrons. The molecule has 128 valence electrons. The fourth-order valence-corrected chi connectivity index (χ4v) is 3.17. The van der Waals surface area contributed by atoms with Gasteiger partial charge in [0.2, 0.25) is 5.76 Å². The minimum atomic E-state index is -0.163. The normalized spacial score (nSPS) is 17.6. The van der Waals surface area contributed by atoms with Gasteiger partial charge in [-0.3, -0.25) is 4.79 Å². The first kappa shape index (κ1) is 15.7. The number of carbonyl (C=O) groups excluding carboxylic acids is 1. The molecule has 1 fully saturated rings. The molecule has 3 heterocycles. The van der Waals surface area contributed by atoms with Crippen LogP contribution in [0.1, 0.15) is 22.3 Å². The summed E-state index contributed by atoms with van der Waals surface area (Å²) in [5, 5.41) is 4.05. The number of benzene rings is 1. The third-order valence-corrected chi connectivity index (χ3v) is 4.51. The van der Waals surface area contributed by atoms with Gasteiger partial charge in [0.05, 0.1) is 19.3 Å². The van der Waals surface area contributed by atoms with Gasteiger partial charge in [0.25, 0.3) is 5.91 Å². The summed E-state index contributed by atoms with van der Waals surface area (Å²) in [4.78, 5) is 14.8. The SMILES string of the molecule is Cn1cccc1[C@@H]1COCCN1C(=O)c1cc(-c2ccccc2)no1. The Labute approximate surface area is 145 Å². The summed E-state index contributed by atoms with van der Waals surface area (Å²) in [6.07, 6.45) is 1.97. The van der Waals surface area contributed by atoms with Gasteiger partial charge in [-0.2, -0.15) is 0 Å². The van der Waals surface area contributed by atoms with Crippen molar-refractivity contribution in [2.24, 2.45) is 7.05 Å². The lowest BCUT2D eigenvalue weighted by Gasteiger charge is -2.35. The number of aromatic nitrogens is 2. The Morgan fingerprint density at radius 2 is 2.04 bits per heavy atom. The van der Waals surface area contributed by atoms with Crippen LogP contribution in [0.25, 0.3) is 11.3 Å². The van der Waals surface area contributed by atoms with Crippen LogP contribution >= 0.6 is 0 Å². The predicted molar refractivity (Wildman–Crippen MR) is 91.9 cm³/mol. The molecule has 0 saturated carbocycles. The van der Waals surface area contributed by atoms with E-state index < -0.39 is 0 Å². The molecule has 2 aromatic heterocycles. The third kappa shape index (κ3) is 2.96. The molecule has 0 spiro atoms. The van der Waals surface area contributed by atoms with Gasteiger partial charge in [0, 0.05) is 37.1 Å². The maximum absolute atomic E-state index is 13.0. The number of aryl methyl sites for hydroxylation is 1. The molecule has 1 aromatic carbocycles. The Morgan fingerprint density at radius 1 is 1.20 bits per heavy atom. The average Bonchev–Trinajstić information content (AvgIpc) is 3.31. The van der Waals surface area contributed by atoms with E-state index in [1.807, 2.05) is 60.3 Å². The molecule has 1 aliphatic rings. The number of morpholine rings is 1. The number of hydrogen-bond acceptors (Lipinski definition) is 4. The molecule has 4 rings (SSSR count). The lowest BCUT2D eigenvalue weighted by molar-refractivity contribution is -0.00654. The molecular weight excluding hydrogens is 318 g/mol. The van der Waals surface area contributed by atoms with Gasteiger partial charge < -0.3 is 18.7 Å². The van der Waals surface area contributed by atoms with Crippen LogP contribution in [-0.4, -0.2) is 40.3 Å². The van der Waals surface area contributed by atoms with Crippen molar-refractivity contribution >= 4 is 5.91 Å². The standard InChI is InChI=1S/C19H19N3O3/c1-21-9-5-8-16(21)17-13-24-11-10-22(17)19(23)18-12-15(20-25-18)14-6-3-2-4-7-14/h2-9,12,17H,10-11,13H2,1H3/t17-/m0/s1. The third-order valence-electron chi connectivity index (χ3n) is 4.51. The van der Waals surface area contributed by atoms with E-state index >= 15 is 0 Å². The van der Waals surface area contributed by atoms with Crippen molar-refractivity contribution in [1.82, 2.24) is 14.6 Å². The van der Waals surface area contributed by atoms with Crippen molar-refractivity contribution in [2.75, 3.05) is 19.8 Å². The summed E-state index contributed by atoms with van der Waals surface area (Å²) in [6.45, 7) is 1.52. The van der Waals surface area contributed by atoms with Gasteiger partial charge >= 0.3 is 0 Å². The van der Waals surface area contributed by atoms with Crippen molar-refractivity contribution in [3.8, 4) is 11.3 Å². The Kier molecular flexibility index (Phi) is 4.11. The summed E-state index contributed by atoms with van der Waals surface area (Å²) in [5.74, 6) is 0.0872. The van der Waals surface area contributed by atoms with E-state index in [4.69, 9.17) is 9.26 Å². The van der Waals surface area contributed by atoms with Gasteiger partial charge in [-0.25, -0.2) is 0 Å². The monoisotopic (exact) mass is 337 g/mol. The van der Waals surface area contributed by atoms with Crippen LogP contribution < -0.4 is 0 Å². The molecule has 3 aromatic rings. The molecule has 6 heteroatoms. The molecule has 1 atom stereocenters. The smallest absolute Gasteiger partial charge is 0.293 e. The largest absolute Gasteiger partial charge is 0.377 e. The number of amides is 1. The maximum Gasteiger partial charge on any atom is 0.293 e. The minimum absolute atomic E-state index is 0.133. The van der Waals surface area contributed by atoms with Gasteiger partial charge in [-0.1, -0.05) is 35.5 Å². The zero-order valence-electron chi connectivity index (χ0n) is 14.0. The molecule has 0 bridgehead atoms. The van der Waals surface area contributed by atoms with Crippen LogP contribution in [0.2, 0.25) is 0 Å². The van der Waals surface area contributed by atoms with E-state index in [2.05, 4.69) is 5.16 Å². The molecule has 1 saturated heterocycles. The van der Waals surface area contributed by atoms with E-state index in [0.29, 0.717) is 25.5 Å². The van der Waals surface area contributed by atoms with Crippen LogP contribution in [0.4, 0.5) is 0 Å². The molecule has 6 nitrogen and oxygen atoms in total. The topological polar surface area (TPSA) is 60.5 Å². The number of rotatable bonds is 3. The van der Waals surface area contributed by atoms with Crippen molar-refractivity contribution < 1.29 is 14.1 Å². The summed E-state index contributed by atoms with van der Waals surface area (Å²) < 4.78 is 12.9. The molecule has 0 N–H and O–H groups in total. The Morgan fingerprint density at radius 3 is 2.80 bits per heavy atom. The van der Waals surface area contributed by atoms with Crippen LogP contribution in [0.5, 0.6) is 0 Å².